The summed E-state index contributed by atoms with van der Waals surface area (Å²) in [4.78, 5) is 7.05. The van der Waals surface area contributed by atoms with Crippen molar-refractivity contribution in [1.82, 2.24) is 14.2 Å². The number of allylic oxidation sites excluding steroid dienone is 3. The molecule has 1 aromatic heterocycles. The van der Waals surface area contributed by atoms with E-state index >= 15 is 0 Å². The number of ether oxygens (including phenoxy) is 1. The summed E-state index contributed by atoms with van der Waals surface area (Å²) < 4.78 is 53.8. The predicted octanol–water partition coefficient (Wildman–Crippen LogP) is 8.61. The molecule has 1 atom stereocenters. The average molecular weight is 669 g/mol. The van der Waals surface area contributed by atoms with Crippen molar-refractivity contribution in [2.24, 2.45) is 5.16 Å². The molecule has 1 aliphatic heterocycles. The van der Waals surface area contributed by atoms with Gasteiger partial charge in [0.1, 0.15) is 28.2 Å². The molecule has 0 amide bonds. The van der Waals surface area contributed by atoms with Gasteiger partial charge in [-0.1, -0.05) is 59.8 Å². The summed E-state index contributed by atoms with van der Waals surface area (Å²) in [5, 5.41) is 15.2. The molecule has 6 aromatic rings. The van der Waals surface area contributed by atoms with Gasteiger partial charge >= 0.3 is 6.61 Å². The number of aromatic nitrogens is 2. The summed E-state index contributed by atoms with van der Waals surface area (Å²) in [6, 6.07) is 29.3. The number of nitrogens with zero attached hydrogens (tertiary/aromatic N) is 5. The minimum absolute atomic E-state index is 0.234. The van der Waals surface area contributed by atoms with Gasteiger partial charge in [-0.25, -0.2) is 0 Å². The highest BCUT2D eigenvalue weighted by Crippen LogP contribution is 2.53. The fraction of sp³-hybridized carbons (Fsp3) is 0.105. The van der Waals surface area contributed by atoms with E-state index in [1.165, 1.54) is 0 Å². The van der Waals surface area contributed by atoms with Crippen LogP contribution in [0.4, 0.5) is 14.5 Å². The van der Waals surface area contributed by atoms with Gasteiger partial charge < -0.3 is 9.64 Å². The Morgan fingerprint density at radius 3 is 2.59 bits per heavy atom. The summed E-state index contributed by atoms with van der Waals surface area (Å²) in [6.07, 6.45) is 4.98. The minimum Gasteiger partial charge on any atom is -0.433 e. The monoisotopic (exact) mass is 668 g/mol. The van der Waals surface area contributed by atoms with Crippen LogP contribution in [0.25, 0.3) is 55.2 Å². The van der Waals surface area contributed by atoms with E-state index in [9.17, 15) is 15.4 Å². The first kappa shape index (κ1) is 29.1. The molecule has 8 rings (SSSR count). The predicted molar refractivity (Wildman–Crippen MR) is 187 cm³/mol. The molecule has 2 heterocycles. The lowest BCUT2D eigenvalue weighted by Gasteiger charge is -2.29. The van der Waals surface area contributed by atoms with Crippen molar-refractivity contribution in [2.75, 3.05) is 19.0 Å². The number of oxime groups is 1. The molecule has 11 heteroatoms. The molecule has 0 saturated heterocycles. The topological polar surface area (TPSA) is 95.7 Å². The maximum atomic E-state index is 14.6. The Morgan fingerprint density at radius 2 is 1.80 bits per heavy atom. The van der Waals surface area contributed by atoms with E-state index in [2.05, 4.69) is 31.5 Å². The van der Waals surface area contributed by atoms with E-state index in [0.29, 0.717) is 67.1 Å². The summed E-state index contributed by atoms with van der Waals surface area (Å²) in [6.45, 7) is -3.21. The van der Waals surface area contributed by atoms with Crippen LogP contribution in [0.1, 0.15) is 18.4 Å². The van der Waals surface area contributed by atoms with Crippen LogP contribution in [0.15, 0.2) is 108 Å². The molecule has 239 valence electrons. The Hall–Kier alpha value is -6.12. The summed E-state index contributed by atoms with van der Waals surface area (Å²) in [7, 11) is 3.75. The zero-order valence-electron chi connectivity index (χ0n) is 27.0. The van der Waals surface area contributed by atoms with Gasteiger partial charge in [0.15, 0.2) is 0 Å². The van der Waals surface area contributed by atoms with Gasteiger partial charge in [-0.15, -0.1) is 0 Å². The molecule has 2 aliphatic rings. The standard InChI is InChI=1S/C38H25F2N6O2S/c1-46(2)32-16-13-22-5-3-4-6-26(22)36(32)37-33(47-38(39)40)19-27(23-9-7-21(20-41)8-10-23)34(24-12-15-29-31(18-24)45-49-44-29)35(37)25-11-14-28-30(17-25)43-48-42-28/h3-18,25,38,43H,1-2H3/i25D. The number of nitriles is 1. The highest BCUT2D eigenvalue weighted by atomic mass is 32.1. The van der Waals surface area contributed by atoms with Gasteiger partial charge in [0.05, 0.1) is 23.4 Å². The zero-order valence-corrected chi connectivity index (χ0v) is 26.8. The lowest BCUT2D eigenvalue weighted by Crippen LogP contribution is -2.16. The molecule has 1 unspecified atom stereocenters. The van der Waals surface area contributed by atoms with Gasteiger partial charge in [-0.05, 0) is 75.5 Å². The number of fused-ring (bicyclic) bond motifs is 3. The Morgan fingerprint density at radius 1 is 1.00 bits per heavy atom. The number of hydroxylamine groups is 1. The van der Waals surface area contributed by atoms with Crippen LogP contribution in [0.3, 0.4) is 0 Å². The first-order chi connectivity index (χ1) is 24.2. The largest absolute Gasteiger partial charge is 0.433 e. The lowest BCUT2D eigenvalue weighted by molar-refractivity contribution is -0.0496. The second-order valence-corrected chi connectivity index (χ2v) is 12.1. The highest BCUT2D eigenvalue weighted by molar-refractivity contribution is 7.00. The molecular weight excluding hydrogens is 643 g/mol. The van der Waals surface area contributed by atoms with Gasteiger partial charge in [-0.3, -0.25) is 4.94 Å². The van der Waals surface area contributed by atoms with Crippen molar-refractivity contribution in [1.29, 1.82) is 5.26 Å². The molecular formula is C38H25F2N6O2S. The van der Waals surface area contributed by atoms with Gasteiger partial charge in [0.25, 0.3) is 0 Å². The number of benzene rings is 5. The second-order valence-electron chi connectivity index (χ2n) is 11.6. The van der Waals surface area contributed by atoms with Crippen molar-refractivity contribution >= 4 is 44.9 Å². The van der Waals surface area contributed by atoms with E-state index in [1.54, 1.807) is 42.5 Å². The number of nitrogens with one attached hydrogen (secondary N) is 1. The third kappa shape index (κ3) is 5.32. The molecule has 0 bridgehead atoms. The lowest BCUT2D eigenvalue weighted by atomic mass is 9.77. The van der Waals surface area contributed by atoms with Gasteiger partial charge in [0, 0.05) is 49.8 Å². The Balaban J connectivity index is 1.61. The third-order valence-electron chi connectivity index (χ3n) is 8.49. The van der Waals surface area contributed by atoms with E-state index in [1.807, 2.05) is 73.6 Å². The molecule has 5 aromatic carbocycles. The van der Waals surface area contributed by atoms with Crippen LogP contribution < -0.4 is 15.1 Å². The molecule has 49 heavy (non-hydrogen) atoms. The number of halogens is 2. The summed E-state index contributed by atoms with van der Waals surface area (Å²) in [5.41, 5.74) is 9.54. The number of anilines is 1. The SMILES string of the molecule is [2H]C1(c2c(-c3c(N(C)C)ccc4ccccc34)c(OC(F)F)[c]c(-c3ccc(C#N)cc3)c2-c2ccc3nsnc3c2)C=CC2=NONC2=C1. The molecule has 0 saturated carbocycles. The quantitative estimate of drug-likeness (QED) is 0.182. The van der Waals surface area contributed by atoms with Crippen LogP contribution in [-0.4, -0.2) is 35.2 Å². The van der Waals surface area contributed by atoms with E-state index in [4.69, 9.17) is 9.68 Å². The van der Waals surface area contributed by atoms with Crippen LogP contribution in [0.2, 0.25) is 0 Å². The van der Waals surface area contributed by atoms with Crippen LogP contribution >= 0.6 is 11.7 Å². The van der Waals surface area contributed by atoms with Gasteiger partial charge in [-0.2, -0.15) is 28.3 Å². The highest BCUT2D eigenvalue weighted by Gasteiger charge is 2.32. The fourth-order valence-electron chi connectivity index (χ4n) is 6.33. The average Bonchev–Trinajstić information content (AvgIpc) is 3.79. The van der Waals surface area contributed by atoms with Gasteiger partial charge in [0.2, 0.25) is 0 Å². The van der Waals surface area contributed by atoms with Crippen molar-refractivity contribution in [3.05, 3.63) is 120 Å². The molecule has 0 spiro atoms. The Labute approximate surface area is 285 Å². The number of hydrogen-bond donors (Lipinski definition) is 1. The first-order valence-corrected chi connectivity index (χ1v) is 15.9. The molecule has 1 radical (unpaired) electrons. The molecule has 1 N–H and O–H groups in total. The van der Waals surface area contributed by atoms with Crippen LogP contribution in [0.5, 0.6) is 5.75 Å². The smallest absolute Gasteiger partial charge is 0.387 e. The van der Waals surface area contributed by atoms with Crippen molar-refractivity contribution in [3.8, 4) is 45.2 Å². The van der Waals surface area contributed by atoms with Crippen molar-refractivity contribution < 1.29 is 19.8 Å². The summed E-state index contributed by atoms with van der Waals surface area (Å²) in [5.74, 6) is -1.94. The normalized spacial score (nSPS) is 16.8. The van der Waals surface area contributed by atoms with Crippen molar-refractivity contribution in [2.45, 2.75) is 12.5 Å². The first-order valence-electron chi connectivity index (χ1n) is 15.7. The molecule has 0 fully saturated rings. The fourth-order valence-corrected chi connectivity index (χ4v) is 6.85. The maximum absolute atomic E-state index is 14.6. The maximum Gasteiger partial charge on any atom is 0.387 e. The minimum atomic E-state index is -3.21. The summed E-state index contributed by atoms with van der Waals surface area (Å²) >= 11 is 1.08. The van der Waals surface area contributed by atoms with Crippen molar-refractivity contribution in [3.63, 3.8) is 0 Å². The van der Waals surface area contributed by atoms with Crippen LogP contribution in [0, 0.1) is 17.4 Å². The van der Waals surface area contributed by atoms with E-state index in [-0.39, 0.29) is 11.3 Å². The zero-order chi connectivity index (χ0) is 34.6. The van der Waals surface area contributed by atoms with E-state index < -0.39 is 12.5 Å². The third-order valence-corrected chi connectivity index (χ3v) is 9.05. The van der Waals surface area contributed by atoms with E-state index in [0.717, 1.165) is 22.5 Å². The number of hydrogen-bond acceptors (Lipinski definition) is 9. The molecule has 8 nitrogen and oxygen atoms in total. The molecule has 1 aliphatic carbocycles. The Kier molecular flexibility index (Phi) is 7.21. The number of alkyl halides is 2. The second kappa shape index (κ2) is 12.2. The Bertz CT molecular complexity index is 2470. The van der Waals surface area contributed by atoms with Crippen LogP contribution in [-0.2, 0) is 4.94 Å². The number of rotatable bonds is 7.